The van der Waals surface area contributed by atoms with Gasteiger partial charge >= 0.3 is 6.03 Å². The van der Waals surface area contributed by atoms with E-state index in [4.69, 9.17) is 11.6 Å². The number of carbonyl (C=O) groups excluding carboxylic acids is 1. The number of halogens is 1. The molecule has 0 unspecified atom stereocenters. The molecule has 0 atom stereocenters. The molecule has 8 heteroatoms. The lowest BCUT2D eigenvalue weighted by Gasteiger charge is -2.29. The Labute approximate surface area is 157 Å². The van der Waals surface area contributed by atoms with Crippen molar-refractivity contribution in [2.45, 2.75) is 19.4 Å². The molecule has 1 saturated heterocycles. The summed E-state index contributed by atoms with van der Waals surface area (Å²) in [5, 5.41) is 10.0. The Morgan fingerprint density at radius 3 is 2.88 bits per heavy atom. The molecule has 0 radical (unpaired) electrons. The minimum Gasteiger partial charge on any atom is -0.354 e. The second-order valence-electron chi connectivity index (χ2n) is 6.61. The van der Waals surface area contributed by atoms with Crippen molar-refractivity contribution in [1.29, 1.82) is 0 Å². The van der Waals surface area contributed by atoms with Gasteiger partial charge in [-0.25, -0.2) is 9.78 Å². The van der Waals surface area contributed by atoms with Crippen LogP contribution in [0.4, 0.5) is 22.2 Å². The number of carbonyl (C=O) groups is 1. The first kappa shape index (κ1) is 17.1. The molecule has 26 heavy (non-hydrogen) atoms. The number of para-hydroxylation sites is 1. The molecule has 136 valence electrons. The smallest absolute Gasteiger partial charge is 0.327 e. The molecule has 2 aliphatic rings. The molecular weight excluding hydrogens is 352 g/mol. The molecule has 2 aromatic rings. The topological polar surface area (TPSA) is 82.2 Å². The summed E-state index contributed by atoms with van der Waals surface area (Å²) in [6.07, 6.45) is 4.07. The van der Waals surface area contributed by atoms with Crippen molar-refractivity contribution in [1.82, 2.24) is 15.3 Å². The standard InChI is InChI=1S/C18H21ClN6O/c19-14-3-1-2-4-15(14)25-11-13-10-22-17(23-16(13)24-18(25)26)21-9-12-5-7-20-8-6-12/h1-4,10,12,20H,5-9,11H2,(H2,21,22,23,24,26). The van der Waals surface area contributed by atoms with Crippen LogP contribution in [0.15, 0.2) is 30.5 Å². The Morgan fingerprint density at radius 2 is 2.08 bits per heavy atom. The normalized spacial score (nSPS) is 17.6. The van der Waals surface area contributed by atoms with E-state index in [0.717, 1.165) is 38.0 Å². The molecular formula is C18H21ClN6O. The predicted octanol–water partition coefficient (Wildman–Crippen LogP) is 3.09. The van der Waals surface area contributed by atoms with E-state index in [1.165, 1.54) is 0 Å². The molecule has 4 rings (SSSR count). The fraction of sp³-hybridized carbons (Fsp3) is 0.389. The molecule has 3 heterocycles. The summed E-state index contributed by atoms with van der Waals surface area (Å²) >= 11 is 6.22. The number of anilines is 3. The lowest BCUT2D eigenvalue weighted by atomic mass is 9.98. The lowest BCUT2D eigenvalue weighted by molar-refractivity contribution is 0.256. The minimum absolute atomic E-state index is 0.242. The zero-order valence-corrected chi connectivity index (χ0v) is 15.1. The summed E-state index contributed by atoms with van der Waals surface area (Å²) in [7, 11) is 0. The van der Waals surface area contributed by atoms with Gasteiger partial charge in [-0.1, -0.05) is 23.7 Å². The third-order valence-corrected chi connectivity index (χ3v) is 5.13. The average Bonchev–Trinajstić information content (AvgIpc) is 2.67. The van der Waals surface area contributed by atoms with Gasteiger partial charge in [-0.15, -0.1) is 0 Å². The third-order valence-electron chi connectivity index (χ3n) is 4.81. The Bertz CT molecular complexity index is 808. The maximum atomic E-state index is 12.5. The number of fused-ring (bicyclic) bond motifs is 1. The number of piperidine rings is 1. The molecule has 0 saturated carbocycles. The van der Waals surface area contributed by atoms with E-state index in [1.54, 1.807) is 17.2 Å². The van der Waals surface area contributed by atoms with E-state index in [0.29, 0.717) is 34.9 Å². The first-order chi connectivity index (χ1) is 12.7. The fourth-order valence-electron chi connectivity index (χ4n) is 3.31. The van der Waals surface area contributed by atoms with Gasteiger partial charge < -0.3 is 10.6 Å². The van der Waals surface area contributed by atoms with Gasteiger partial charge in [-0.05, 0) is 44.0 Å². The molecule has 1 fully saturated rings. The third kappa shape index (κ3) is 3.59. The van der Waals surface area contributed by atoms with Crippen LogP contribution >= 0.6 is 11.6 Å². The summed E-state index contributed by atoms with van der Waals surface area (Å²) in [4.78, 5) is 23.0. The quantitative estimate of drug-likeness (QED) is 0.768. The van der Waals surface area contributed by atoms with Crippen molar-refractivity contribution in [3.63, 3.8) is 0 Å². The highest BCUT2D eigenvalue weighted by Gasteiger charge is 2.27. The van der Waals surface area contributed by atoms with Gasteiger partial charge in [0, 0.05) is 18.3 Å². The largest absolute Gasteiger partial charge is 0.354 e. The van der Waals surface area contributed by atoms with Crippen LogP contribution < -0.4 is 20.9 Å². The number of hydrogen-bond acceptors (Lipinski definition) is 5. The van der Waals surface area contributed by atoms with Gasteiger partial charge in [-0.3, -0.25) is 10.2 Å². The van der Waals surface area contributed by atoms with Crippen LogP contribution in [0.1, 0.15) is 18.4 Å². The van der Waals surface area contributed by atoms with E-state index in [9.17, 15) is 4.79 Å². The maximum absolute atomic E-state index is 12.5. The lowest BCUT2D eigenvalue weighted by Crippen LogP contribution is -2.39. The Hall–Kier alpha value is -2.38. The van der Waals surface area contributed by atoms with Gasteiger partial charge in [0.1, 0.15) is 5.82 Å². The predicted molar refractivity (Wildman–Crippen MR) is 103 cm³/mol. The summed E-state index contributed by atoms with van der Waals surface area (Å²) in [6.45, 7) is 3.36. The number of nitrogens with one attached hydrogen (secondary N) is 3. The Balaban J connectivity index is 1.47. The van der Waals surface area contributed by atoms with Crippen LogP contribution in [0.25, 0.3) is 0 Å². The molecule has 0 bridgehead atoms. The summed E-state index contributed by atoms with van der Waals surface area (Å²) in [6, 6.07) is 7.04. The summed E-state index contributed by atoms with van der Waals surface area (Å²) in [5.41, 5.74) is 1.53. The van der Waals surface area contributed by atoms with E-state index in [2.05, 4.69) is 25.9 Å². The second kappa shape index (κ2) is 7.47. The molecule has 7 nitrogen and oxygen atoms in total. The maximum Gasteiger partial charge on any atom is 0.327 e. The van der Waals surface area contributed by atoms with Crippen molar-refractivity contribution >= 4 is 35.1 Å². The second-order valence-corrected chi connectivity index (χ2v) is 7.02. The monoisotopic (exact) mass is 372 g/mol. The minimum atomic E-state index is -0.242. The Morgan fingerprint density at radius 1 is 1.27 bits per heavy atom. The highest BCUT2D eigenvalue weighted by molar-refractivity contribution is 6.34. The van der Waals surface area contributed by atoms with Crippen LogP contribution in [0.5, 0.6) is 0 Å². The number of urea groups is 1. The van der Waals surface area contributed by atoms with Crippen molar-refractivity contribution in [2.24, 2.45) is 5.92 Å². The van der Waals surface area contributed by atoms with Crippen molar-refractivity contribution in [2.75, 3.05) is 35.2 Å². The molecule has 2 amide bonds. The molecule has 3 N–H and O–H groups in total. The van der Waals surface area contributed by atoms with Gasteiger partial charge in [0.05, 0.1) is 17.3 Å². The van der Waals surface area contributed by atoms with Crippen LogP contribution in [-0.4, -0.2) is 35.6 Å². The number of nitrogens with zero attached hydrogens (tertiary/aromatic N) is 3. The molecule has 1 aromatic heterocycles. The van der Waals surface area contributed by atoms with Crippen LogP contribution in [0.3, 0.4) is 0 Å². The first-order valence-electron chi connectivity index (χ1n) is 8.84. The highest BCUT2D eigenvalue weighted by Crippen LogP contribution is 2.31. The SMILES string of the molecule is O=C1Nc2nc(NCC3CCNCC3)ncc2CN1c1ccccc1Cl. The summed E-state index contributed by atoms with van der Waals surface area (Å²) < 4.78 is 0. The highest BCUT2D eigenvalue weighted by atomic mass is 35.5. The molecule has 2 aliphatic heterocycles. The van der Waals surface area contributed by atoms with E-state index in [-0.39, 0.29) is 6.03 Å². The van der Waals surface area contributed by atoms with Gasteiger partial charge in [0.15, 0.2) is 0 Å². The number of aromatic nitrogens is 2. The molecule has 0 aliphatic carbocycles. The Kier molecular flexibility index (Phi) is 4.90. The van der Waals surface area contributed by atoms with E-state index < -0.39 is 0 Å². The summed E-state index contributed by atoms with van der Waals surface area (Å²) in [5.74, 6) is 1.73. The van der Waals surface area contributed by atoms with Gasteiger partial charge in [0.2, 0.25) is 5.95 Å². The van der Waals surface area contributed by atoms with Crippen molar-refractivity contribution in [3.05, 3.63) is 41.0 Å². The van der Waals surface area contributed by atoms with Crippen molar-refractivity contribution < 1.29 is 4.79 Å². The number of hydrogen-bond donors (Lipinski definition) is 3. The van der Waals surface area contributed by atoms with E-state index in [1.807, 2.05) is 18.2 Å². The van der Waals surface area contributed by atoms with Crippen molar-refractivity contribution in [3.8, 4) is 0 Å². The number of rotatable bonds is 4. The van der Waals surface area contributed by atoms with Gasteiger partial charge in [0.25, 0.3) is 0 Å². The number of benzene rings is 1. The number of amides is 2. The first-order valence-corrected chi connectivity index (χ1v) is 9.22. The molecule has 0 spiro atoms. The molecule has 1 aromatic carbocycles. The van der Waals surface area contributed by atoms with Crippen LogP contribution in [0, 0.1) is 5.92 Å². The van der Waals surface area contributed by atoms with Crippen LogP contribution in [0.2, 0.25) is 5.02 Å². The average molecular weight is 373 g/mol. The van der Waals surface area contributed by atoms with E-state index >= 15 is 0 Å². The zero-order chi connectivity index (χ0) is 17.9. The van der Waals surface area contributed by atoms with Crippen LogP contribution in [-0.2, 0) is 6.54 Å². The van der Waals surface area contributed by atoms with Gasteiger partial charge in [-0.2, -0.15) is 4.98 Å². The zero-order valence-electron chi connectivity index (χ0n) is 14.3. The fourth-order valence-corrected chi connectivity index (χ4v) is 3.55.